The highest BCUT2D eigenvalue weighted by molar-refractivity contribution is 8.26. The Morgan fingerprint density at radius 1 is 1.47 bits per heavy atom. The summed E-state index contributed by atoms with van der Waals surface area (Å²) in [6.07, 6.45) is 5.36. The lowest BCUT2D eigenvalue weighted by Gasteiger charge is -1.92. The van der Waals surface area contributed by atoms with Gasteiger partial charge >= 0.3 is 0 Å². The van der Waals surface area contributed by atoms with Crippen molar-refractivity contribution < 1.29 is 4.79 Å². The molecular weight excluding hydrogens is 254 g/mol. The molecule has 2 aromatic heterocycles. The summed E-state index contributed by atoms with van der Waals surface area (Å²) in [6, 6.07) is 3.80. The van der Waals surface area contributed by atoms with E-state index in [0.29, 0.717) is 9.23 Å². The molecule has 1 aliphatic heterocycles. The van der Waals surface area contributed by atoms with Crippen LogP contribution in [0, 0.1) is 0 Å². The monoisotopic (exact) mass is 261 g/mol. The van der Waals surface area contributed by atoms with Crippen molar-refractivity contribution in [3.63, 3.8) is 0 Å². The number of nitrogens with one attached hydrogen (secondary N) is 2. The van der Waals surface area contributed by atoms with Crippen molar-refractivity contribution in [2.45, 2.75) is 0 Å². The molecule has 3 rings (SSSR count). The van der Waals surface area contributed by atoms with Gasteiger partial charge in [-0.3, -0.25) is 9.78 Å². The first-order valence-corrected chi connectivity index (χ1v) is 6.13. The van der Waals surface area contributed by atoms with Crippen LogP contribution in [0.25, 0.3) is 17.1 Å². The van der Waals surface area contributed by atoms with Gasteiger partial charge in [-0.05, 0) is 18.2 Å². The fraction of sp³-hybridized carbons (Fsp3) is 0. The lowest BCUT2D eigenvalue weighted by atomic mass is 10.2. The van der Waals surface area contributed by atoms with Crippen LogP contribution in [0.1, 0.15) is 5.56 Å². The third kappa shape index (κ3) is 1.85. The summed E-state index contributed by atoms with van der Waals surface area (Å²) in [6.45, 7) is 0. The van der Waals surface area contributed by atoms with E-state index in [1.807, 2.05) is 18.3 Å². The maximum absolute atomic E-state index is 11.5. The van der Waals surface area contributed by atoms with Gasteiger partial charge in [0.15, 0.2) is 0 Å². The molecule has 0 bridgehead atoms. The van der Waals surface area contributed by atoms with E-state index in [1.165, 1.54) is 11.8 Å². The van der Waals surface area contributed by atoms with Crippen molar-refractivity contribution in [3.05, 3.63) is 35.0 Å². The number of aromatic nitrogens is 2. The van der Waals surface area contributed by atoms with Crippen molar-refractivity contribution in [1.82, 2.24) is 15.3 Å². The summed E-state index contributed by atoms with van der Waals surface area (Å²) in [4.78, 5) is 19.5. The molecule has 6 heteroatoms. The molecule has 0 unspecified atom stereocenters. The Kier molecular flexibility index (Phi) is 2.45. The summed E-state index contributed by atoms with van der Waals surface area (Å²) >= 11 is 6.20. The van der Waals surface area contributed by atoms with Crippen molar-refractivity contribution >= 4 is 51.3 Å². The van der Waals surface area contributed by atoms with Gasteiger partial charge in [-0.15, -0.1) is 0 Å². The minimum atomic E-state index is -0.148. The highest BCUT2D eigenvalue weighted by Gasteiger charge is 2.22. The predicted molar refractivity (Wildman–Crippen MR) is 72.4 cm³/mol. The van der Waals surface area contributed by atoms with E-state index in [9.17, 15) is 4.79 Å². The van der Waals surface area contributed by atoms with Gasteiger partial charge < -0.3 is 10.3 Å². The van der Waals surface area contributed by atoms with Gasteiger partial charge in [0.05, 0.1) is 15.9 Å². The first kappa shape index (κ1) is 10.5. The number of aromatic amines is 1. The topological polar surface area (TPSA) is 57.8 Å². The van der Waals surface area contributed by atoms with Crippen LogP contribution < -0.4 is 5.32 Å². The quantitative estimate of drug-likeness (QED) is 0.609. The molecule has 0 aliphatic carbocycles. The van der Waals surface area contributed by atoms with E-state index in [0.717, 1.165) is 16.6 Å². The number of thiocarbonyl (C=S) groups is 1. The number of nitrogens with zero attached hydrogens (tertiary/aromatic N) is 1. The van der Waals surface area contributed by atoms with E-state index >= 15 is 0 Å². The Morgan fingerprint density at radius 3 is 3.12 bits per heavy atom. The van der Waals surface area contributed by atoms with Crippen molar-refractivity contribution in [3.8, 4) is 0 Å². The van der Waals surface area contributed by atoms with E-state index in [2.05, 4.69) is 15.3 Å². The molecule has 0 aromatic carbocycles. The van der Waals surface area contributed by atoms with E-state index in [1.54, 1.807) is 12.3 Å². The molecule has 0 saturated carbocycles. The minimum Gasteiger partial charge on any atom is -0.359 e. The summed E-state index contributed by atoms with van der Waals surface area (Å²) in [5.74, 6) is -0.148. The average Bonchev–Trinajstić information content (AvgIpc) is 2.85. The molecule has 4 nitrogen and oxygen atoms in total. The maximum atomic E-state index is 11.5. The second kappa shape index (κ2) is 3.97. The Hall–Kier alpha value is -1.66. The molecular formula is C11H7N3OS2. The van der Waals surface area contributed by atoms with Gasteiger partial charge in [0, 0.05) is 18.0 Å². The molecule has 2 N–H and O–H groups in total. The minimum absolute atomic E-state index is 0.148. The predicted octanol–water partition coefficient (Wildman–Crippen LogP) is 2.05. The lowest BCUT2D eigenvalue weighted by Crippen LogP contribution is -2.17. The summed E-state index contributed by atoms with van der Waals surface area (Å²) in [5, 5.41) is 2.58. The van der Waals surface area contributed by atoms with Crippen LogP contribution in [0.4, 0.5) is 0 Å². The zero-order valence-electron chi connectivity index (χ0n) is 8.56. The van der Waals surface area contributed by atoms with Gasteiger partial charge in [0.1, 0.15) is 4.32 Å². The van der Waals surface area contributed by atoms with Crippen LogP contribution in [0.3, 0.4) is 0 Å². The average molecular weight is 261 g/mol. The number of hydrogen-bond acceptors (Lipinski definition) is 4. The largest absolute Gasteiger partial charge is 0.359 e. The van der Waals surface area contributed by atoms with Crippen LogP contribution in [-0.2, 0) is 4.79 Å². The highest BCUT2D eigenvalue weighted by atomic mass is 32.2. The van der Waals surface area contributed by atoms with E-state index in [4.69, 9.17) is 12.2 Å². The van der Waals surface area contributed by atoms with Crippen LogP contribution >= 0.6 is 24.0 Å². The van der Waals surface area contributed by atoms with E-state index in [-0.39, 0.29) is 5.91 Å². The smallest absolute Gasteiger partial charge is 0.263 e. The SMILES string of the molecule is O=C1NC(=S)S/C1=C\c1c[nH]c2cccnc12. The fourth-order valence-corrected chi connectivity index (χ4v) is 2.68. The van der Waals surface area contributed by atoms with Crippen molar-refractivity contribution in [1.29, 1.82) is 0 Å². The van der Waals surface area contributed by atoms with Crippen LogP contribution in [0.2, 0.25) is 0 Å². The molecule has 0 spiro atoms. The molecule has 1 aliphatic rings. The van der Waals surface area contributed by atoms with Crippen LogP contribution in [0.15, 0.2) is 29.4 Å². The number of pyridine rings is 1. The number of H-pyrrole nitrogens is 1. The Balaban J connectivity index is 2.08. The van der Waals surface area contributed by atoms with Gasteiger partial charge in [0.25, 0.3) is 5.91 Å². The van der Waals surface area contributed by atoms with Gasteiger partial charge in [-0.2, -0.15) is 0 Å². The molecule has 0 atom stereocenters. The Morgan fingerprint density at radius 2 is 2.35 bits per heavy atom. The zero-order valence-corrected chi connectivity index (χ0v) is 10.2. The zero-order chi connectivity index (χ0) is 11.8. The molecule has 17 heavy (non-hydrogen) atoms. The molecule has 1 fully saturated rings. The summed E-state index contributed by atoms with van der Waals surface area (Å²) in [5.41, 5.74) is 2.69. The first-order chi connectivity index (χ1) is 8.24. The highest BCUT2D eigenvalue weighted by Crippen LogP contribution is 2.27. The van der Waals surface area contributed by atoms with Crippen LogP contribution in [-0.4, -0.2) is 20.2 Å². The summed E-state index contributed by atoms with van der Waals surface area (Å²) in [7, 11) is 0. The number of rotatable bonds is 1. The second-order valence-corrected chi connectivity index (χ2v) is 5.21. The standard InChI is InChI=1S/C11H7N3OS2/c15-10-8(17-11(16)14-10)4-6-5-13-7-2-1-3-12-9(6)7/h1-5,13H,(H,14,15,16)/b8-4-. The summed E-state index contributed by atoms with van der Waals surface area (Å²) < 4.78 is 0.494. The first-order valence-electron chi connectivity index (χ1n) is 4.91. The second-order valence-electron chi connectivity index (χ2n) is 3.50. The molecule has 3 heterocycles. The van der Waals surface area contributed by atoms with Crippen molar-refractivity contribution in [2.24, 2.45) is 0 Å². The molecule has 84 valence electrons. The number of hydrogen-bond donors (Lipinski definition) is 2. The normalized spacial score (nSPS) is 18.0. The van der Waals surface area contributed by atoms with Crippen molar-refractivity contribution in [2.75, 3.05) is 0 Å². The Labute approximate surface area is 106 Å². The lowest BCUT2D eigenvalue weighted by molar-refractivity contribution is -0.115. The van der Waals surface area contributed by atoms with Crippen LogP contribution in [0.5, 0.6) is 0 Å². The number of carbonyl (C=O) groups is 1. The molecule has 1 saturated heterocycles. The number of amides is 1. The Bertz CT molecular complexity index is 660. The number of fused-ring (bicyclic) bond motifs is 1. The van der Waals surface area contributed by atoms with E-state index < -0.39 is 0 Å². The molecule has 0 radical (unpaired) electrons. The van der Waals surface area contributed by atoms with Gasteiger partial charge in [0.2, 0.25) is 0 Å². The third-order valence-corrected chi connectivity index (χ3v) is 3.56. The number of carbonyl (C=O) groups excluding carboxylic acids is 1. The molecule has 2 aromatic rings. The third-order valence-electron chi connectivity index (χ3n) is 2.39. The fourth-order valence-electron chi connectivity index (χ4n) is 1.65. The van der Waals surface area contributed by atoms with Gasteiger partial charge in [-0.1, -0.05) is 24.0 Å². The molecule has 1 amide bonds. The van der Waals surface area contributed by atoms with Gasteiger partial charge in [-0.25, -0.2) is 0 Å². The number of thioether (sulfide) groups is 1. The maximum Gasteiger partial charge on any atom is 0.263 e.